The minimum absolute atomic E-state index is 0.634. The van der Waals surface area contributed by atoms with Crippen LogP contribution in [0.1, 0.15) is 53.4 Å². The molecule has 1 aliphatic carbocycles. The molecule has 2 aliphatic rings. The van der Waals surface area contributed by atoms with Gasteiger partial charge < -0.3 is 10.2 Å². The predicted molar refractivity (Wildman–Crippen MR) is 78.8 cm³/mol. The van der Waals surface area contributed by atoms with E-state index in [-0.39, 0.29) is 0 Å². The summed E-state index contributed by atoms with van der Waals surface area (Å²) in [7, 11) is 0. The van der Waals surface area contributed by atoms with Crippen molar-refractivity contribution in [1.29, 1.82) is 0 Å². The second-order valence-electron chi connectivity index (χ2n) is 7.20. The second-order valence-corrected chi connectivity index (χ2v) is 7.20. The highest BCUT2D eigenvalue weighted by Gasteiger charge is 2.36. The van der Waals surface area contributed by atoms with Crippen LogP contribution < -0.4 is 5.32 Å². The predicted octanol–water partition coefficient (Wildman–Crippen LogP) is 3.13. The van der Waals surface area contributed by atoms with Crippen LogP contribution in [0.5, 0.6) is 0 Å². The lowest BCUT2D eigenvalue weighted by molar-refractivity contribution is 0.0259. The fourth-order valence-corrected chi connectivity index (χ4v) is 3.47. The molecule has 1 saturated heterocycles. The zero-order chi connectivity index (χ0) is 13.1. The van der Waals surface area contributed by atoms with Crippen LogP contribution in [-0.2, 0) is 0 Å². The van der Waals surface area contributed by atoms with E-state index in [0.717, 1.165) is 23.8 Å². The van der Waals surface area contributed by atoms with Crippen LogP contribution in [0.2, 0.25) is 0 Å². The SMILES string of the molecule is CC(C)NCC1CCCN(C2CC(C(C)C)C2)C1. The third-order valence-corrected chi connectivity index (χ3v) is 4.97. The molecular weight excluding hydrogens is 220 g/mol. The van der Waals surface area contributed by atoms with Gasteiger partial charge in [-0.3, -0.25) is 0 Å². The number of nitrogens with one attached hydrogen (secondary N) is 1. The van der Waals surface area contributed by atoms with Gasteiger partial charge in [0, 0.05) is 18.6 Å². The molecule has 1 atom stereocenters. The molecule has 2 heteroatoms. The van der Waals surface area contributed by atoms with Crippen LogP contribution in [0, 0.1) is 17.8 Å². The average molecular weight is 252 g/mol. The first-order valence-corrected chi connectivity index (χ1v) is 8.03. The molecule has 0 amide bonds. The molecule has 0 aromatic heterocycles. The van der Waals surface area contributed by atoms with E-state index in [0.29, 0.717) is 6.04 Å². The summed E-state index contributed by atoms with van der Waals surface area (Å²) in [4.78, 5) is 2.79. The van der Waals surface area contributed by atoms with E-state index in [2.05, 4.69) is 37.9 Å². The quantitative estimate of drug-likeness (QED) is 0.809. The van der Waals surface area contributed by atoms with Crippen molar-refractivity contribution in [3.05, 3.63) is 0 Å². The van der Waals surface area contributed by atoms with Crippen molar-refractivity contribution in [3.63, 3.8) is 0 Å². The van der Waals surface area contributed by atoms with Gasteiger partial charge in [-0.1, -0.05) is 27.7 Å². The third kappa shape index (κ3) is 3.71. The van der Waals surface area contributed by atoms with E-state index in [1.165, 1.54) is 45.3 Å². The lowest BCUT2D eigenvalue weighted by Crippen LogP contribution is -2.51. The Labute approximate surface area is 114 Å². The fraction of sp³-hybridized carbons (Fsp3) is 1.00. The minimum Gasteiger partial charge on any atom is -0.314 e. The minimum atomic E-state index is 0.634. The monoisotopic (exact) mass is 252 g/mol. The molecule has 0 spiro atoms. The van der Waals surface area contributed by atoms with Gasteiger partial charge in [0.2, 0.25) is 0 Å². The van der Waals surface area contributed by atoms with Crippen molar-refractivity contribution in [1.82, 2.24) is 10.2 Å². The fourth-order valence-electron chi connectivity index (χ4n) is 3.47. The lowest BCUT2D eigenvalue weighted by Gasteiger charge is -2.47. The zero-order valence-electron chi connectivity index (χ0n) is 12.8. The van der Waals surface area contributed by atoms with Crippen LogP contribution in [0.4, 0.5) is 0 Å². The summed E-state index contributed by atoms with van der Waals surface area (Å²) in [5.74, 6) is 2.79. The number of rotatable bonds is 5. The van der Waals surface area contributed by atoms with Gasteiger partial charge in [-0.15, -0.1) is 0 Å². The molecule has 0 aromatic carbocycles. The largest absolute Gasteiger partial charge is 0.314 e. The van der Waals surface area contributed by atoms with Gasteiger partial charge in [-0.25, -0.2) is 0 Å². The van der Waals surface area contributed by atoms with Crippen LogP contribution in [0.3, 0.4) is 0 Å². The van der Waals surface area contributed by atoms with E-state index < -0.39 is 0 Å². The normalized spacial score (nSPS) is 34.0. The average Bonchev–Trinajstić information content (AvgIpc) is 2.24. The molecule has 0 bridgehead atoms. The van der Waals surface area contributed by atoms with Crippen molar-refractivity contribution in [2.75, 3.05) is 19.6 Å². The smallest absolute Gasteiger partial charge is 0.0101 e. The van der Waals surface area contributed by atoms with E-state index in [4.69, 9.17) is 0 Å². The van der Waals surface area contributed by atoms with Gasteiger partial charge in [0.15, 0.2) is 0 Å². The van der Waals surface area contributed by atoms with Gasteiger partial charge in [0.1, 0.15) is 0 Å². The Kier molecular flexibility index (Phi) is 5.08. The number of hydrogen-bond donors (Lipinski definition) is 1. The summed E-state index contributed by atoms with van der Waals surface area (Å²) < 4.78 is 0. The van der Waals surface area contributed by atoms with Crippen molar-refractivity contribution in [2.45, 2.75) is 65.5 Å². The van der Waals surface area contributed by atoms with Gasteiger partial charge in [0.05, 0.1) is 0 Å². The Morgan fingerprint density at radius 3 is 2.50 bits per heavy atom. The van der Waals surface area contributed by atoms with E-state index in [9.17, 15) is 0 Å². The van der Waals surface area contributed by atoms with Gasteiger partial charge in [0.25, 0.3) is 0 Å². The molecule has 1 saturated carbocycles. The Bertz CT molecular complexity index is 243. The highest BCUT2D eigenvalue weighted by atomic mass is 15.2. The first kappa shape index (κ1) is 14.3. The lowest BCUT2D eigenvalue weighted by atomic mass is 9.72. The maximum atomic E-state index is 3.61. The summed E-state index contributed by atoms with van der Waals surface area (Å²) in [6.07, 6.45) is 5.76. The molecule has 2 fully saturated rings. The highest BCUT2D eigenvalue weighted by Crippen LogP contribution is 2.38. The molecular formula is C16H32N2. The summed E-state index contributed by atoms with van der Waals surface area (Å²) in [6.45, 7) is 13.2. The molecule has 0 radical (unpaired) electrons. The first-order chi connectivity index (χ1) is 8.56. The van der Waals surface area contributed by atoms with Crippen molar-refractivity contribution >= 4 is 0 Å². The molecule has 1 aliphatic heterocycles. The van der Waals surface area contributed by atoms with E-state index in [1.807, 2.05) is 0 Å². The Balaban J connectivity index is 1.71. The van der Waals surface area contributed by atoms with Crippen molar-refractivity contribution in [3.8, 4) is 0 Å². The van der Waals surface area contributed by atoms with Crippen LogP contribution in [0.25, 0.3) is 0 Å². The van der Waals surface area contributed by atoms with Crippen molar-refractivity contribution in [2.24, 2.45) is 17.8 Å². The van der Waals surface area contributed by atoms with E-state index >= 15 is 0 Å². The number of nitrogens with zero attached hydrogens (tertiary/aromatic N) is 1. The van der Waals surface area contributed by atoms with Gasteiger partial charge >= 0.3 is 0 Å². The molecule has 18 heavy (non-hydrogen) atoms. The second kappa shape index (κ2) is 6.38. The Morgan fingerprint density at radius 1 is 1.17 bits per heavy atom. The molecule has 106 valence electrons. The van der Waals surface area contributed by atoms with Gasteiger partial charge in [-0.2, -0.15) is 0 Å². The summed E-state index contributed by atoms with van der Waals surface area (Å²) in [6, 6.07) is 1.55. The molecule has 0 aromatic rings. The first-order valence-electron chi connectivity index (χ1n) is 8.03. The number of hydrogen-bond acceptors (Lipinski definition) is 2. The summed E-state index contributed by atoms with van der Waals surface area (Å²) in [5.41, 5.74) is 0. The molecule has 1 unspecified atom stereocenters. The summed E-state index contributed by atoms with van der Waals surface area (Å²) >= 11 is 0. The Hall–Kier alpha value is -0.0800. The topological polar surface area (TPSA) is 15.3 Å². The zero-order valence-corrected chi connectivity index (χ0v) is 12.8. The standard InChI is InChI=1S/C16H32N2/c1-12(2)15-8-16(9-15)18-7-5-6-14(11-18)10-17-13(3)4/h12-17H,5-11H2,1-4H3. The van der Waals surface area contributed by atoms with Crippen LogP contribution in [-0.4, -0.2) is 36.6 Å². The maximum Gasteiger partial charge on any atom is 0.0101 e. The maximum absolute atomic E-state index is 3.61. The highest BCUT2D eigenvalue weighted by molar-refractivity contribution is 4.91. The van der Waals surface area contributed by atoms with Gasteiger partial charge in [-0.05, 0) is 56.5 Å². The third-order valence-electron chi connectivity index (χ3n) is 4.97. The number of likely N-dealkylation sites (tertiary alicyclic amines) is 1. The Morgan fingerprint density at radius 2 is 1.89 bits per heavy atom. The van der Waals surface area contributed by atoms with E-state index in [1.54, 1.807) is 0 Å². The molecule has 1 heterocycles. The number of piperidine rings is 1. The molecule has 2 rings (SSSR count). The summed E-state index contributed by atoms with van der Waals surface area (Å²) in [5, 5.41) is 3.61. The van der Waals surface area contributed by atoms with Crippen molar-refractivity contribution < 1.29 is 0 Å². The molecule has 1 N–H and O–H groups in total. The molecule has 2 nitrogen and oxygen atoms in total. The van der Waals surface area contributed by atoms with Crippen LogP contribution >= 0.6 is 0 Å². The van der Waals surface area contributed by atoms with Crippen LogP contribution in [0.15, 0.2) is 0 Å².